The number of sulfonamides is 1. The number of halogens is 1. The van der Waals surface area contributed by atoms with Gasteiger partial charge in [0.1, 0.15) is 6.33 Å². The van der Waals surface area contributed by atoms with Gasteiger partial charge in [-0.2, -0.15) is 0 Å². The number of amides is 1. The zero-order chi connectivity index (χ0) is 26.2. The molecule has 1 unspecified atom stereocenters. The van der Waals surface area contributed by atoms with E-state index in [-0.39, 0.29) is 15.7 Å². The minimum Gasteiger partial charge on any atom is -0.400 e. The molecule has 0 radical (unpaired) electrons. The number of nitrogens with zero attached hydrogens (tertiary/aromatic N) is 5. The van der Waals surface area contributed by atoms with E-state index in [1.165, 1.54) is 23.1 Å². The number of allylic oxidation sites excluding steroid dienone is 2. The number of benzene rings is 1. The molecule has 1 aromatic carbocycles. The highest BCUT2D eigenvalue weighted by atomic mass is 35.5. The second kappa shape index (κ2) is 9.85. The lowest BCUT2D eigenvalue weighted by atomic mass is 9.92. The standard InChI is InChI=1S/C22H25ClN8O4S/c1-12-18(24)16(19(26-2)13-8-14(23)10-15(9-13)36(25,34)35)5-7-30(12)22(33)20-28-11-31(29-20)17-4-3-6-27-21(17)32/h3-4,6,8-12,21,27,32H,5,7,24H2,1-2H3,(H2,25,34,35)/t12-,21?/m0/s1. The maximum absolute atomic E-state index is 13.2. The van der Waals surface area contributed by atoms with Crippen LogP contribution in [-0.2, 0) is 10.0 Å². The molecule has 36 heavy (non-hydrogen) atoms. The quantitative estimate of drug-likeness (QED) is 0.399. The number of nitrogens with one attached hydrogen (secondary N) is 1. The number of hydrogen-bond donors (Lipinski definition) is 4. The number of carbonyl (C=O) groups excluding carboxylic acids is 1. The highest BCUT2D eigenvalue weighted by molar-refractivity contribution is 7.89. The molecule has 0 bridgehead atoms. The number of aliphatic hydroxyl groups is 1. The van der Waals surface area contributed by atoms with Crippen LogP contribution in [0.5, 0.6) is 0 Å². The van der Waals surface area contributed by atoms with E-state index in [0.717, 1.165) is 0 Å². The van der Waals surface area contributed by atoms with E-state index in [4.69, 9.17) is 22.5 Å². The highest BCUT2D eigenvalue weighted by Gasteiger charge is 2.33. The van der Waals surface area contributed by atoms with Crippen molar-refractivity contribution in [3.63, 3.8) is 0 Å². The second-order valence-corrected chi connectivity index (χ2v) is 10.2. The lowest BCUT2D eigenvalue weighted by molar-refractivity contribution is 0.0694. The SMILES string of the molecule is CN=C(C1=C(N)[C@H](C)N(C(=O)c2ncn(C3=CC=CNC3O)n2)CC1)c1cc(Cl)cc(S(N)(=O)=O)c1. The van der Waals surface area contributed by atoms with Gasteiger partial charge in [-0.1, -0.05) is 11.6 Å². The lowest BCUT2D eigenvalue weighted by Crippen LogP contribution is -2.47. The van der Waals surface area contributed by atoms with Gasteiger partial charge in [-0.25, -0.2) is 23.2 Å². The van der Waals surface area contributed by atoms with Crippen molar-refractivity contribution in [1.82, 2.24) is 25.0 Å². The van der Waals surface area contributed by atoms with Crippen LogP contribution in [0.1, 0.15) is 29.5 Å². The van der Waals surface area contributed by atoms with E-state index in [2.05, 4.69) is 20.4 Å². The molecule has 1 amide bonds. The minimum absolute atomic E-state index is 0.0437. The number of primary sulfonamides is 1. The molecule has 2 atom stereocenters. The molecule has 14 heteroatoms. The molecule has 0 saturated heterocycles. The van der Waals surface area contributed by atoms with Crippen LogP contribution in [0, 0.1) is 0 Å². The molecular formula is C22H25ClN8O4S. The summed E-state index contributed by atoms with van der Waals surface area (Å²) in [4.78, 5) is 23.1. The zero-order valence-corrected chi connectivity index (χ0v) is 21.0. The molecule has 0 spiro atoms. The third-order valence-electron chi connectivity index (χ3n) is 5.96. The number of dihydropyridines is 1. The Labute approximate surface area is 212 Å². The molecular weight excluding hydrogens is 508 g/mol. The fourth-order valence-corrected chi connectivity index (χ4v) is 4.99. The molecule has 2 aliphatic heterocycles. The van der Waals surface area contributed by atoms with Crippen molar-refractivity contribution in [2.45, 2.75) is 30.5 Å². The number of aliphatic imine (C=N–C) groups is 1. The van der Waals surface area contributed by atoms with Gasteiger partial charge in [-0.3, -0.25) is 9.79 Å². The van der Waals surface area contributed by atoms with Crippen molar-refractivity contribution in [2.24, 2.45) is 15.9 Å². The summed E-state index contributed by atoms with van der Waals surface area (Å²) >= 11 is 6.14. The Hall–Kier alpha value is -3.52. The summed E-state index contributed by atoms with van der Waals surface area (Å²) in [7, 11) is -2.43. The third kappa shape index (κ3) is 4.91. The molecule has 0 aliphatic carbocycles. The number of carbonyl (C=O) groups is 1. The van der Waals surface area contributed by atoms with E-state index >= 15 is 0 Å². The summed E-state index contributed by atoms with van der Waals surface area (Å²) < 4.78 is 25.1. The Morgan fingerprint density at radius 3 is 2.75 bits per heavy atom. The molecule has 2 aliphatic rings. The summed E-state index contributed by atoms with van der Waals surface area (Å²) in [6.07, 6.45) is 5.67. The predicted molar refractivity (Wildman–Crippen MR) is 134 cm³/mol. The van der Waals surface area contributed by atoms with Gasteiger partial charge in [0.2, 0.25) is 15.8 Å². The number of hydrogen-bond acceptors (Lipinski definition) is 9. The van der Waals surface area contributed by atoms with Gasteiger partial charge in [0.05, 0.1) is 22.3 Å². The number of aromatic nitrogens is 3. The van der Waals surface area contributed by atoms with E-state index in [0.29, 0.717) is 41.2 Å². The molecule has 6 N–H and O–H groups in total. The van der Waals surface area contributed by atoms with Crippen molar-refractivity contribution >= 4 is 38.9 Å². The fraction of sp³-hybridized carbons (Fsp3) is 0.273. The van der Waals surface area contributed by atoms with Crippen LogP contribution in [0.2, 0.25) is 5.02 Å². The van der Waals surface area contributed by atoms with E-state index in [1.54, 1.807) is 43.3 Å². The van der Waals surface area contributed by atoms with Crippen molar-refractivity contribution in [3.8, 4) is 0 Å². The van der Waals surface area contributed by atoms with Crippen LogP contribution in [-0.4, -0.2) is 70.7 Å². The van der Waals surface area contributed by atoms with Crippen LogP contribution in [0.25, 0.3) is 5.70 Å². The molecule has 0 saturated carbocycles. The lowest BCUT2D eigenvalue weighted by Gasteiger charge is -2.35. The maximum atomic E-state index is 13.2. The Morgan fingerprint density at radius 1 is 1.33 bits per heavy atom. The Kier molecular flexibility index (Phi) is 7.00. The van der Waals surface area contributed by atoms with Crippen LogP contribution < -0.4 is 16.2 Å². The van der Waals surface area contributed by atoms with Gasteiger partial charge in [0.25, 0.3) is 5.91 Å². The molecule has 3 heterocycles. The van der Waals surface area contributed by atoms with Crippen molar-refractivity contribution in [2.75, 3.05) is 13.6 Å². The molecule has 1 aromatic heterocycles. The largest absolute Gasteiger partial charge is 0.400 e. The molecule has 190 valence electrons. The first-order chi connectivity index (χ1) is 17.0. The van der Waals surface area contributed by atoms with Crippen LogP contribution in [0.4, 0.5) is 0 Å². The summed E-state index contributed by atoms with van der Waals surface area (Å²) in [5, 5.41) is 22.5. The summed E-state index contributed by atoms with van der Waals surface area (Å²) in [6.45, 7) is 2.06. The molecule has 4 rings (SSSR count). The Bertz CT molecular complexity index is 1440. The average molecular weight is 533 g/mol. The zero-order valence-electron chi connectivity index (χ0n) is 19.5. The number of rotatable bonds is 5. The topological polar surface area (TPSA) is 182 Å². The Balaban J connectivity index is 1.61. The van der Waals surface area contributed by atoms with Gasteiger partial charge >= 0.3 is 0 Å². The van der Waals surface area contributed by atoms with Gasteiger partial charge in [-0.05, 0) is 49.9 Å². The average Bonchev–Trinajstić information content (AvgIpc) is 3.31. The van der Waals surface area contributed by atoms with E-state index in [1.807, 2.05) is 0 Å². The van der Waals surface area contributed by atoms with Gasteiger partial charge < -0.3 is 21.1 Å². The predicted octanol–water partition coefficient (Wildman–Crippen LogP) is 0.421. The van der Waals surface area contributed by atoms with Gasteiger partial charge in [0, 0.05) is 35.4 Å². The fourth-order valence-electron chi connectivity index (χ4n) is 4.11. The van der Waals surface area contributed by atoms with Crippen molar-refractivity contribution in [3.05, 3.63) is 70.6 Å². The molecule has 0 fully saturated rings. The third-order valence-corrected chi connectivity index (χ3v) is 7.07. The second-order valence-electron chi connectivity index (χ2n) is 8.18. The Morgan fingerprint density at radius 2 is 2.08 bits per heavy atom. The van der Waals surface area contributed by atoms with Crippen molar-refractivity contribution < 1.29 is 18.3 Å². The molecule has 12 nitrogen and oxygen atoms in total. The maximum Gasteiger partial charge on any atom is 0.294 e. The summed E-state index contributed by atoms with van der Waals surface area (Å²) in [6, 6.07) is 3.71. The van der Waals surface area contributed by atoms with E-state index < -0.39 is 28.2 Å². The summed E-state index contributed by atoms with van der Waals surface area (Å²) in [5.74, 6) is -0.468. The van der Waals surface area contributed by atoms with E-state index in [9.17, 15) is 18.3 Å². The van der Waals surface area contributed by atoms with Gasteiger partial charge in [-0.15, -0.1) is 5.10 Å². The van der Waals surface area contributed by atoms with Crippen LogP contribution in [0.15, 0.2) is 64.0 Å². The number of aliphatic hydroxyl groups excluding tert-OH is 1. The first-order valence-corrected chi connectivity index (χ1v) is 12.8. The van der Waals surface area contributed by atoms with Gasteiger partial charge in [0.15, 0.2) is 6.23 Å². The van der Waals surface area contributed by atoms with Crippen molar-refractivity contribution in [1.29, 1.82) is 0 Å². The van der Waals surface area contributed by atoms with Crippen LogP contribution in [0.3, 0.4) is 0 Å². The smallest absolute Gasteiger partial charge is 0.294 e. The monoisotopic (exact) mass is 532 g/mol. The molecule has 2 aromatic rings. The normalized spacial score (nSPS) is 20.9. The van der Waals surface area contributed by atoms with Crippen LogP contribution >= 0.6 is 11.6 Å². The first kappa shape index (κ1) is 25.6. The minimum atomic E-state index is -3.99. The first-order valence-electron chi connectivity index (χ1n) is 10.8. The highest BCUT2D eigenvalue weighted by Crippen LogP contribution is 2.28. The number of nitrogens with two attached hydrogens (primary N) is 2. The summed E-state index contributed by atoms with van der Waals surface area (Å²) in [5.41, 5.74) is 8.86.